The van der Waals surface area contributed by atoms with Crippen LogP contribution in [0.5, 0.6) is 0 Å². The van der Waals surface area contributed by atoms with E-state index in [2.05, 4.69) is 48.5 Å². The maximum absolute atomic E-state index is 8.06. The number of nitrogens with zero attached hydrogens (tertiary/aromatic N) is 2. The number of hydrogen-bond donors (Lipinski definition) is 1. The van der Waals surface area contributed by atoms with Crippen LogP contribution in [0, 0.1) is 20.8 Å². The highest BCUT2D eigenvalue weighted by atomic mass is 16.3. The smallest absolute Gasteiger partial charge is 0.137 e. The van der Waals surface area contributed by atoms with Gasteiger partial charge in [-0.2, -0.15) is 0 Å². The van der Waals surface area contributed by atoms with E-state index in [1.165, 1.54) is 17.0 Å². The van der Waals surface area contributed by atoms with E-state index >= 15 is 0 Å². The summed E-state index contributed by atoms with van der Waals surface area (Å²) < 4.78 is 2.16. The fourth-order valence-corrected chi connectivity index (χ4v) is 1.67. The molecule has 0 saturated heterocycles. The zero-order valence-corrected chi connectivity index (χ0v) is 11.8. The fourth-order valence-electron chi connectivity index (χ4n) is 1.67. The minimum Gasteiger partial charge on any atom is -0.394 e. The normalized spacial score (nSPS) is 10.2. The van der Waals surface area contributed by atoms with Gasteiger partial charge in [-0.3, -0.25) is 0 Å². The van der Waals surface area contributed by atoms with Gasteiger partial charge in [0.15, 0.2) is 0 Å². The third-order valence-corrected chi connectivity index (χ3v) is 2.40. The SMILES string of the molecule is CC(C)O.Cc1ccnc(-n2c(C)ccc2C)c1. The fraction of sp³-hybridized carbons (Fsp3) is 0.400. The van der Waals surface area contributed by atoms with Crippen molar-refractivity contribution >= 4 is 0 Å². The molecule has 98 valence electrons. The lowest BCUT2D eigenvalue weighted by Gasteiger charge is -2.08. The summed E-state index contributed by atoms with van der Waals surface area (Å²) in [6.45, 7) is 9.72. The summed E-state index contributed by atoms with van der Waals surface area (Å²) >= 11 is 0. The van der Waals surface area contributed by atoms with Gasteiger partial charge < -0.3 is 9.67 Å². The summed E-state index contributed by atoms with van der Waals surface area (Å²) in [6.07, 6.45) is 1.68. The molecule has 0 aliphatic carbocycles. The van der Waals surface area contributed by atoms with Gasteiger partial charge in [-0.25, -0.2) is 4.98 Å². The molecule has 0 radical (unpaired) electrons. The van der Waals surface area contributed by atoms with Crippen molar-refractivity contribution in [1.82, 2.24) is 9.55 Å². The van der Waals surface area contributed by atoms with Gasteiger partial charge in [-0.15, -0.1) is 0 Å². The Morgan fingerprint density at radius 3 is 2.00 bits per heavy atom. The van der Waals surface area contributed by atoms with Gasteiger partial charge in [0.2, 0.25) is 0 Å². The molecule has 2 heterocycles. The van der Waals surface area contributed by atoms with Crippen LogP contribution < -0.4 is 0 Å². The van der Waals surface area contributed by atoms with Gasteiger partial charge >= 0.3 is 0 Å². The maximum Gasteiger partial charge on any atom is 0.137 e. The number of rotatable bonds is 1. The Bertz CT molecular complexity index is 479. The van der Waals surface area contributed by atoms with E-state index in [0.29, 0.717) is 0 Å². The molecule has 3 nitrogen and oxygen atoms in total. The van der Waals surface area contributed by atoms with E-state index in [1.54, 1.807) is 13.8 Å². The molecular formula is C15H22N2O. The molecule has 0 fully saturated rings. The largest absolute Gasteiger partial charge is 0.394 e. The van der Waals surface area contributed by atoms with Crippen molar-refractivity contribution < 1.29 is 5.11 Å². The maximum atomic E-state index is 8.06. The van der Waals surface area contributed by atoms with Crippen LogP contribution in [0.15, 0.2) is 30.5 Å². The second-order valence-electron chi connectivity index (χ2n) is 4.74. The third-order valence-electron chi connectivity index (χ3n) is 2.40. The summed E-state index contributed by atoms with van der Waals surface area (Å²) in [5, 5.41) is 8.06. The topological polar surface area (TPSA) is 38.1 Å². The molecule has 0 aliphatic rings. The molecule has 0 unspecified atom stereocenters. The molecule has 0 spiro atoms. The van der Waals surface area contributed by atoms with Crippen molar-refractivity contribution in [1.29, 1.82) is 0 Å². The molecule has 0 aromatic carbocycles. The lowest BCUT2D eigenvalue weighted by molar-refractivity contribution is 0.216. The Kier molecular flexibility index (Phi) is 5.10. The summed E-state index contributed by atoms with van der Waals surface area (Å²) in [5.41, 5.74) is 3.68. The highest BCUT2D eigenvalue weighted by Crippen LogP contribution is 2.14. The number of aromatic nitrogens is 2. The van der Waals surface area contributed by atoms with E-state index in [-0.39, 0.29) is 6.10 Å². The molecule has 0 bridgehead atoms. The summed E-state index contributed by atoms with van der Waals surface area (Å²) in [7, 11) is 0. The van der Waals surface area contributed by atoms with Crippen LogP contribution in [0.2, 0.25) is 0 Å². The number of hydrogen-bond acceptors (Lipinski definition) is 2. The molecule has 2 rings (SSSR count). The molecule has 0 aliphatic heterocycles. The van der Waals surface area contributed by atoms with Crippen LogP contribution in [0.25, 0.3) is 5.82 Å². The van der Waals surface area contributed by atoms with Gasteiger partial charge in [-0.05, 0) is 64.4 Å². The Labute approximate surface area is 109 Å². The standard InChI is InChI=1S/C12H14N2.C3H8O/c1-9-6-7-13-12(8-9)14-10(2)4-5-11(14)3;1-3(2)4/h4-8H,1-3H3;3-4H,1-2H3. The second-order valence-corrected chi connectivity index (χ2v) is 4.74. The van der Waals surface area contributed by atoms with Crippen molar-refractivity contribution in [2.45, 2.75) is 40.7 Å². The first-order chi connectivity index (χ1) is 8.41. The van der Waals surface area contributed by atoms with Gasteiger partial charge in [0.05, 0.1) is 0 Å². The van der Waals surface area contributed by atoms with E-state index < -0.39 is 0 Å². The van der Waals surface area contributed by atoms with Crippen LogP contribution in [-0.4, -0.2) is 20.8 Å². The molecule has 3 heteroatoms. The Balaban J connectivity index is 0.000000357. The summed E-state index contributed by atoms with van der Waals surface area (Å²) in [5.74, 6) is 1.00. The molecule has 0 atom stereocenters. The van der Waals surface area contributed by atoms with Crippen molar-refractivity contribution in [3.05, 3.63) is 47.4 Å². The number of aliphatic hydroxyl groups excluding tert-OH is 1. The van der Waals surface area contributed by atoms with Crippen molar-refractivity contribution in [2.24, 2.45) is 0 Å². The first-order valence-electron chi connectivity index (χ1n) is 6.18. The Hall–Kier alpha value is -1.61. The second kappa shape index (κ2) is 6.36. The van der Waals surface area contributed by atoms with Gasteiger partial charge in [0.1, 0.15) is 5.82 Å². The van der Waals surface area contributed by atoms with Gasteiger partial charge in [-0.1, -0.05) is 0 Å². The lowest BCUT2D eigenvalue weighted by Crippen LogP contribution is -2.01. The Morgan fingerprint density at radius 2 is 1.56 bits per heavy atom. The molecule has 1 N–H and O–H groups in total. The minimum absolute atomic E-state index is 0.167. The third kappa shape index (κ3) is 4.00. The minimum atomic E-state index is -0.167. The monoisotopic (exact) mass is 246 g/mol. The van der Waals surface area contributed by atoms with E-state index in [0.717, 1.165) is 5.82 Å². The zero-order chi connectivity index (χ0) is 13.7. The lowest BCUT2D eigenvalue weighted by atomic mass is 10.3. The highest BCUT2D eigenvalue weighted by Gasteiger charge is 2.04. The zero-order valence-electron chi connectivity index (χ0n) is 11.8. The predicted octanol–water partition coefficient (Wildman–Crippen LogP) is 3.18. The number of aryl methyl sites for hydroxylation is 3. The average molecular weight is 246 g/mol. The van der Waals surface area contributed by atoms with Crippen LogP contribution in [0.1, 0.15) is 30.8 Å². The van der Waals surface area contributed by atoms with Crippen molar-refractivity contribution in [2.75, 3.05) is 0 Å². The Morgan fingerprint density at radius 1 is 1.06 bits per heavy atom. The van der Waals surface area contributed by atoms with Gasteiger partial charge in [0.25, 0.3) is 0 Å². The number of pyridine rings is 1. The first-order valence-corrected chi connectivity index (χ1v) is 6.18. The predicted molar refractivity (Wildman–Crippen MR) is 75.1 cm³/mol. The van der Waals surface area contributed by atoms with Gasteiger partial charge in [0, 0.05) is 23.7 Å². The summed E-state index contributed by atoms with van der Waals surface area (Å²) in [4.78, 5) is 4.37. The molecule has 2 aromatic heterocycles. The highest BCUT2D eigenvalue weighted by molar-refractivity contribution is 5.33. The quantitative estimate of drug-likeness (QED) is 0.839. The van der Waals surface area contributed by atoms with Crippen LogP contribution in [-0.2, 0) is 0 Å². The molecule has 0 amide bonds. The first kappa shape index (κ1) is 14.5. The van der Waals surface area contributed by atoms with Crippen molar-refractivity contribution in [3.63, 3.8) is 0 Å². The molecule has 0 saturated carbocycles. The molecular weight excluding hydrogens is 224 g/mol. The molecule has 2 aromatic rings. The van der Waals surface area contributed by atoms with E-state index in [4.69, 9.17) is 5.11 Å². The van der Waals surface area contributed by atoms with Crippen LogP contribution in [0.3, 0.4) is 0 Å². The number of aliphatic hydroxyl groups is 1. The van der Waals surface area contributed by atoms with E-state index in [1.807, 2.05) is 12.3 Å². The van der Waals surface area contributed by atoms with Crippen LogP contribution >= 0.6 is 0 Å². The van der Waals surface area contributed by atoms with Crippen molar-refractivity contribution in [3.8, 4) is 5.82 Å². The average Bonchev–Trinajstić information content (AvgIpc) is 2.57. The van der Waals surface area contributed by atoms with E-state index in [9.17, 15) is 0 Å². The van der Waals surface area contributed by atoms with Crippen LogP contribution in [0.4, 0.5) is 0 Å². The molecule has 18 heavy (non-hydrogen) atoms. The summed E-state index contributed by atoms with van der Waals surface area (Å²) in [6, 6.07) is 8.33.